The van der Waals surface area contributed by atoms with Gasteiger partial charge in [-0.25, -0.2) is 0 Å². The first-order valence-corrected chi connectivity index (χ1v) is 6.11. The topological polar surface area (TPSA) is 67.2 Å². The average Bonchev–Trinajstić information content (AvgIpc) is 2.71. The first kappa shape index (κ1) is 13.7. The zero-order valence-electron chi connectivity index (χ0n) is 10.7. The van der Waals surface area contributed by atoms with Gasteiger partial charge in [-0.15, -0.1) is 0 Å². The number of aromatic nitrogens is 2. The van der Waals surface area contributed by atoms with Gasteiger partial charge in [-0.2, -0.15) is 5.10 Å². The lowest BCUT2D eigenvalue weighted by Gasteiger charge is -2.07. The van der Waals surface area contributed by atoms with E-state index in [2.05, 4.69) is 10.4 Å². The van der Waals surface area contributed by atoms with Crippen LogP contribution in [0.2, 0.25) is 0 Å². The minimum Gasteiger partial charge on any atom is -0.393 e. The molecule has 1 heterocycles. The Labute approximate surface area is 102 Å². The van der Waals surface area contributed by atoms with Crippen molar-refractivity contribution in [3.63, 3.8) is 0 Å². The minimum absolute atomic E-state index is 0.125. The molecule has 5 heteroatoms. The molecule has 0 aliphatic rings. The molecule has 17 heavy (non-hydrogen) atoms. The largest absolute Gasteiger partial charge is 0.393 e. The normalized spacial score (nSPS) is 12.5. The highest BCUT2D eigenvalue weighted by Gasteiger charge is 2.13. The van der Waals surface area contributed by atoms with Crippen LogP contribution in [0.25, 0.3) is 0 Å². The van der Waals surface area contributed by atoms with Crippen molar-refractivity contribution in [1.82, 2.24) is 15.1 Å². The molecular formula is C12H21N3O2. The second kappa shape index (κ2) is 6.39. The van der Waals surface area contributed by atoms with Crippen molar-refractivity contribution in [3.8, 4) is 0 Å². The number of nitrogens with zero attached hydrogens (tertiary/aromatic N) is 2. The molecule has 1 rings (SSSR count). The number of aryl methyl sites for hydroxylation is 2. The van der Waals surface area contributed by atoms with Crippen molar-refractivity contribution in [1.29, 1.82) is 0 Å². The monoisotopic (exact) mass is 239 g/mol. The van der Waals surface area contributed by atoms with E-state index in [1.54, 1.807) is 11.6 Å². The van der Waals surface area contributed by atoms with Crippen LogP contribution in [-0.4, -0.2) is 33.4 Å². The quantitative estimate of drug-likeness (QED) is 0.777. The Balaban J connectivity index is 2.64. The molecule has 1 aromatic rings. The lowest BCUT2D eigenvalue weighted by molar-refractivity contribution is 0.0935. The molecule has 96 valence electrons. The zero-order valence-corrected chi connectivity index (χ0v) is 10.7. The van der Waals surface area contributed by atoms with Gasteiger partial charge in [0.1, 0.15) is 5.69 Å². The summed E-state index contributed by atoms with van der Waals surface area (Å²) in [6, 6.07) is 1.82. The van der Waals surface area contributed by atoms with Crippen molar-refractivity contribution < 1.29 is 9.90 Å². The lowest BCUT2D eigenvalue weighted by Crippen LogP contribution is -2.28. The van der Waals surface area contributed by atoms with Gasteiger partial charge in [-0.05, 0) is 32.8 Å². The van der Waals surface area contributed by atoms with Crippen molar-refractivity contribution in [3.05, 3.63) is 17.5 Å². The van der Waals surface area contributed by atoms with Crippen LogP contribution in [-0.2, 0) is 13.0 Å². The first-order chi connectivity index (χ1) is 8.08. The second-order valence-corrected chi connectivity index (χ2v) is 4.08. The maximum atomic E-state index is 11.9. The maximum absolute atomic E-state index is 11.9. The van der Waals surface area contributed by atoms with Crippen LogP contribution in [0.4, 0.5) is 0 Å². The summed E-state index contributed by atoms with van der Waals surface area (Å²) >= 11 is 0. The summed E-state index contributed by atoms with van der Waals surface area (Å²) in [4.78, 5) is 11.9. The summed E-state index contributed by atoms with van der Waals surface area (Å²) in [6.45, 7) is 6.83. The molecule has 0 fully saturated rings. The molecule has 0 radical (unpaired) electrons. The minimum atomic E-state index is -0.391. The Kier molecular flexibility index (Phi) is 5.15. The van der Waals surface area contributed by atoms with Crippen LogP contribution >= 0.6 is 0 Å². The Morgan fingerprint density at radius 3 is 2.82 bits per heavy atom. The molecule has 0 aliphatic carbocycles. The van der Waals surface area contributed by atoms with Crippen LogP contribution in [0.3, 0.4) is 0 Å². The van der Waals surface area contributed by atoms with Crippen molar-refractivity contribution in [2.24, 2.45) is 0 Å². The fourth-order valence-corrected chi connectivity index (χ4v) is 1.55. The molecule has 0 spiro atoms. The third-order valence-electron chi connectivity index (χ3n) is 2.57. The van der Waals surface area contributed by atoms with E-state index in [1.807, 2.05) is 19.9 Å². The predicted molar refractivity (Wildman–Crippen MR) is 65.9 cm³/mol. The standard InChI is InChI=1S/C12H21N3O2/c1-4-10-8-11(15(5-2)14-10)12(17)13-7-6-9(3)16/h8-9,16H,4-7H2,1-3H3,(H,13,17). The molecule has 2 N–H and O–H groups in total. The average molecular weight is 239 g/mol. The lowest BCUT2D eigenvalue weighted by atomic mass is 10.2. The summed E-state index contributed by atoms with van der Waals surface area (Å²) < 4.78 is 1.70. The summed E-state index contributed by atoms with van der Waals surface area (Å²) in [5, 5.41) is 16.2. The molecular weight excluding hydrogens is 218 g/mol. The molecule has 1 amide bonds. The van der Waals surface area contributed by atoms with Crippen LogP contribution in [0, 0.1) is 0 Å². The van der Waals surface area contributed by atoms with Crippen molar-refractivity contribution >= 4 is 5.91 Å². The van der Waals surface area contributed by atoms with Crippen LogP contribution in [0.15, 0.2) is 6.07 Å². The fraction of sp³-hybridized carbons (Fsp3) is 0.667. The number of nitrogens with one attached hydrogen (secondary N) is 1. The molecule has 0 aromatic carbocycles. The van der Waals surface area contributed by atoms with Gasteiger partial charge < -0.3 is 10.4 Å². The van der Waals surface area contributed by atoms with E-state index in [0.29, 0.717) is 25.2 Å². The highest BCUT2D eigenvalue weighted by molar-refractivity contribution is 5.92. The molecule has 0 saturated heterocycles. The van der Waals surface area contributed by atoms with Gasteiger partial charge in [0.2, 0.25) is 0 Å². The Hall–Kier alpha value is -1.36. The number of hydrogen-bond donors (Lipinski definition) is 2. The molecule has 1 aromatic heterocycles. The number of aliphatic hydroxyl groups excluding tert-OH is 1. The van der Waals surface area contributed by atoms with Crippen LogP contribution in [0.5, 0.6) is 0 Å². The number of carbonyl (C=O) groups excluding carboxylic acids is 1. The van der Waals surface area contributed by atoms with Crippen molar-refractivity contribution in [2.45, 2.75) is 46.3 Å². The van der Waals surface area contributed by atoms with Gasteiger partial charge in [0.15, 0.2) is 0 Å². The van der Waals surface area contributed by atoms with E-state index in [1.165, 1.54) is 0 Å². The number of aliphatic hydroxyl groups is 1. The number of rotatable bonds is 6. The highest BCUT2D eigenvalue weighted by Crippen LogP contribution is 2.05. The number of carbonyl (C=O) groups is 1. The summed E-state index contributed by atoms with van der Waals surface area (Å²) in [5.74, 6) is -0.125. The molecule has 5 nitrogen and oxygen atoms in total. The molecule has 0 aliphatic heterocycles. The smallest absolute Gasteiger partial charge is 0.269 e. The van der Waals surface area contributed by atoms with Gasteiger partial charge in [0, 0.05) is 13.1 Å². The van der Waals surface area contributed by atoms with Crippen molar-refractivity contribution in [2.75, 3.05) is 6.54 Å². The third kappa shape index (κ3) is 3.85. The Bertz CT molecular complexity index is 372. The molecule has 0 saturated carbocycles. The molecule has 0 bridgehead atoms. The highest BCUT2D eigenvalue weighted by atomic mass is 16.3. The fourth-order valence-electron chi connectivity index (χ4n) is 1.55. The predicted octanol–water partition coefficient (Wildman–Crippen LogP) is 0.966. The Morgan fingerprint density at radius 2 is 2.29 bits per heavy atom. The third-order valence-corrected chi connectivity index (χ3v) is 2.57. The van der Waals surface area contributed by atoms with Crippen LogP contribution < -0.4 is 5.32 Å². The summed E-state index contributed by atoms with van der Waals surface area (Å²) in [7, 11) is 0. The van der Waals surface area contributed by atoms with E-state index < -0.39 is 6.10 Å². The summed E-state index contributed by atoms with van der Waals surface area (Å²) in [5.41, 5.74) is 1.52. The van der Waals surface area contributed by atoms with Gasteiger partial charge in [-0.1, -0.05) is 6.92 Å². The Morgan fingerprint density at radius 1 is 1.59 bits per heavy atom. The van der Waals surface area contributed by atoms with Gasteiger partial charge in [0.05, 0.1) is 11.8 Å². The van der Waals surface area contributed by atoms with E-state index in [4.69, 9.17) is 5.11 Å². The number of hydrogen-bond acceptors (Lipinski definition) is 3. The van der Waals surface area contributed by atoms with Gasteiger partial charge in [0.25, 0.3) is 5.91 Å². The summed E-state index contributed by atoms with van der Waals surface area (Å²) in [6.07, 6.45) is 0.991. The van der Waals surface area contributed by atoms with E-state index >= 15 is 0 Å². The van der Waals surface area contributed by atoms with Crippen LogP contribution in [0.1, 0.15) is 43.4 Å². The molecule has 1 unspecified atom stereocenters. The van der Waals surface area contributed by atoms with E-state index in [-0.39, 0.29) is 5.91 Å². The first-order valence-electron chi connectivity index (χ1n) is 6.11. The number of amides is 1. The van der Waals surface area contributed by atoms with Gasteiger partial charge >= 0.3 is 0 Å². The zero-order chi connectivity index (χ0) is 12.8. The second-order valence-electron chi connectivity index (χ2n) is 4.08. The van der Waals surface area contributed by atoms with E-state index in [9.17, 15) is 4.79 Å². The SMILES string of the molecule is CCc1cc(C(=O)NCCC(C)O)n(CC)n1. The van der Waals surface area contributed by atoms with Gasteiger partial charge in [-0.3, -0.25) is 9.48 Å². The van der Waals surface area contributed by atoms with E-state index in [0.717, 1.165) is 12.1 Å². The maximum Gasteiger partial charge on any atom is 0.269 e. The molecule has 1 atom stereocenters.